The van der Waals surface area contributed by atoms with Gasteiger partial charge in [-0.05, 0) is 44.4 Å². The maximum Gasteiger partial charge on any atom is 0.124 e. The van der Waals surface area contributed by atoms with Gasteiger partial charge in [-0.15, -0.1) is 12.4 Å². The van der Waals surface area contributed by atoms with Crippen LogP contribution in [0.25, 0.3) is 0 Å². The Hall–Kier alpha value is -1.55. The number of unbranched alkanes of at least 4 members (excludes halogenated alkanes) is 2. The van der Waals surface area contributed by atoms with Gasteiger partial charge < -0.3 is 15.2 Å². The Balaban J connectivity index is 0.00000288. The number of benzene rings is 2. The third-order valence-electron chi connectivity index (χ3n) is 3.81. The second kappa shape index (κ2) is 11.9. The van der Waals surface area contributed by atoms with Gasteiger partial charge in [0.2, 0.25) is 0 Å². The van der Waals surface area contributed by atoms with Crippen molar-refractivity contribution in [1.82, 2.24) is 5.32 Å². The maximum atomic E-state index is 8.77. The van der Waals surface area contributed by atoms with Gasteiger partial charge in [0, 0.05) is 18.7 Å². The molecule has 2 aromatic rings. The summed E-state index contributed by atoms with van der Waals surface area (Å²) >= 11 is 0. The van der Waals surface area contributed by atoms with Gasteiger partial charge in [0.1, 0.15) is 12.4 Å². The Morgan fingerprint density at radius 1 is 0.958 bits per heavy atom. The third-order valence-corrected chi connectivity index (χ3v) is 3.81. The highest BCUT2D eigenvalue weighted by molar-refractivity contribution is 5.85. The molecule has 0 unspecified atom stereocenters. The monoisotopic (exact) mass is 349 g/mol. The zero-order valence-electron chi connectivity index (χ0n) is 14.3. The minimum atomic E-state index is 0. The normalized spacial score (nSPS) is 10.2. The predicted octanol–water partition coefficient (Wildman–Crippen LogP) is 4.25. The summed E-state index contributed by atoms with van der Waals surface area (Å²) in [6.45, 7) is 4.74. The number of aliphatic hydroxyl groups excluding tert-OH is 1. The molecule has 0 aromatic heterocycles. The molecular formula is C20H28ClNO2. The first-order valence-corrected chi connectivity index (χ1v) is 8.37. The highest BCUT2D eigenvalue weighted by Crippen LogP contribution is 2.19. The lowest BCUT2D eigenvalue weighted by Gasteiger charge is -2.12. The van der Waals surface area contributed by atoms with Crippen LogP contribution >= 0.6 is 12.4 Å². The predicted molar refractivity (Wildman–Crippen MR) is 102 cm³/mol. The quantitative estimate of drug-likeness (QED) is 0.630. The molecule has 2 aromatic carbocycles. The summed E-state index contributed by atoms with van der Waals surface area (Å²) in [5.74, 6) is 0.941. The average molecular weight is 350 g/mol. The fourth-order valence-corrected chi connectivity index (χ4v) is 2.40. The molecule has 0 fully saturated rings. The summed E-state index contributed by atoms with van der Waals surface area (Å²) in [6.07, 6.45) is 3.04. The molecule has 0 saturated carbocycles. The fourth-order valence-electron chi connectivity index (χ4n) is 2.40. The molecule has 2 N–H and O–H groups in total. The van der Waals surface area contributed by atoms with Crippen molar-refractivity contribution in [1.29, 1.82) is 0 Å². The molecule has 0 aliphatic heterocycles. The summed E-state index contributed by atoms with van der Waals surface area (Å²) in [4.78, 5) is 0. The summed E-state index contributed by atoms with van der Waals surface area (Å²) in [5, 5.41) is 12.2. The van der Waals surface area contributed by atoms with Crippen LogP contribution < -0.4 is 10.1 Å². The minimum Gasteiger partial charge on any atom is -0.489 e. The second-order valence-corrected chi connectivity index (χ2v) is 5.84. The number of halogens is 1. The smallest absolute Gasteiger partial charge is 0.124 e. The van der Waals surface area contributed by atoms with Gasteiger partial charge >= 0.3 is 0 Å². The third kappa shape index (κ3) is 7.35. The van der Waals surface area contributed by atoms with Gasteiger partial charge in [-0.3, -0.25) is 0 Å². The molecule has 0 atom stereocenters. The Bertz CT molecular complexity index is 572. The van der Waals surface area contributed by atoms with Crippen LogP contribution in [-0.4, -0.2) is 18.3 Å². The maximum absolute atomic E-state index is 8.77. The van der Waals surface area contributed by atoms with E-state index in [1.807, 2.05) is 18.2 Å². The van der Waals surface area contributed by atoms with Gasteiger partial charge in [-0.1, -0.05) is 48.0 Å². The first kappa shape index (κ1) is 20.5. The first-order chi connectivity index (χ1) is 11.3. The van der Waals surface area contributed by atoms with E-state index in [1.54, 1.807) is 0 Å². The van der Waals surface area contributed by atoms with E-state index >= 15 is 0 Å². The number of aryl methyl sites for hydroxylation is 1. The van der Waals surface area contributed by atoms with E-state index in [4.69, 9.17) is 9.84 Å². The van der Waals surface area contributed by atoms with E-state index in [0.29, 0.717) is 6.61 Å². The van der Waals surface area contributed by atoms with Crippen molar-refractivity contribution in [3.8, 4) is 5.75 Å². The molecule has 132 valence electrons. The van der Waals surface area contributed by atoms with Crippen molar-refractivity contribution in [3.05, 3.63) is 65.2 Å². The Morgan fingerprint density at radius 3 is 2.46 bits per heavy atom. The molecule has 0 amide bonds. The Kier molecular flexibility index (Phi) is 10.2. The number of para-hydroxylation sites is 1. The molecule has 4 heteroatoms. The molecule has 24 heavy (non-hydrogen) atoms. The van der Waals surface area contributed by atoms with Crippen LogP contribution in [0, 0.1) is 6.92 Å². The number of hydrogen-bond donors (Lipinski definition) is 2. The Morgan fingerprint density at radius 2 is 1.71 bits per heavy atom. The molecule has 0 bridgehead atoms. The van der Waals surface area contributed by atoms with E-state index in [9.17, 15) is 0 Å². The van der Waals surface area contributed by atoms with Gasteiger partial charge in [-0.25, -0.2) is 0 Å². The van der Waals surface area contributed by atoms with Crippen molar-refractivity contribution in [2.24, 2.45) is 0 Å². The van der Waals surface area contributed by atoms with Crippen molar-refractivity contribution in [2.75, 3.05) is 13.2 Å². The SMILES string of the molecule is Cc1ccc(COc2ccccc2CNCCCCCO)cc1.Cl. The number of aliphatic hydroxyl groups is 1. The topological polar surface area (TPSA) is 41.5 Å². The Labute approximate surface area is 151 Å². The summed E-state index contributed by atoms with van der Waals surface area (Å²) in [6, 6.07) is 16.6. The van der Waals surface area contributed by atoms with Crippen molar-refractivity contribution < 1.29 is 9.84 Å². The lowest BCUT2D eigenvalue weighted by atomic mass is 10.1. The van der Waals surface area contributed by atoms with Crippen LogP contribution in [0.2, 0.25) is 0 Å². The number of hydrogen-bond acceptors (Lipinski definition) is 3. The molecule has 2 rings (SSSR count). The van der Waals surface area contributed by atoms with E-state index < -0.39 is 0 Å². The molecule has 0 spiro atoms. The van der Waals surface area contributed by atoms with Crippen LogP contribution in [-0.2, 0) is 13.2 Å². The van der Waals surface area contributed by atoms with Crippen molar-refractivity contribution >= 4 is 12.4 Å². The largest absolute Gasteiger partial charge is 0.489 e. The summed E-state index contributed by atoms with van der Waals surface area (Å²) < 4.78 is 5.99. The van der Waals surface area contributed by atoms with E-state index in [0.717, 1.165) is 38.1 Å². The number of nitrogens with one attached hydrogen (secondary N) is 1. The van der Waals surface area contributed by atoms with Crippen LogP contribution in [0.5, 0.6) is 5.75 Å². The van der Waals surface area contributed by atoms with Gasteiger partial charge in [0.15, 0.2) is 0 Å². The molecule has 3 nitrogen and oxygen atoms in total. The average Bonchev–Trinajstić information content (AvgIpc) is 2.58. The van der Waals surface area contributed by atoms with Crippen LogP contribution in [0.3, 0.4) is 0 Å². The minimum absolute atomic E-state index is 0. The van der Waals surface area contributed by atoms with E-state index in [-0.39, 0.29) is 19.0 Å². The molecule has 0 aliphatic carbocycles. The van der Waals surface area contributed by atoms with Crippen molar-refractivity contribution in [2.45, 2.75) is 39.3 Å². The molecular weight excluding hydrogens is 322 g/mol. The zero-order valence-corrected chi connectivity index (χ0v) is 15.1. The lowest BCUT2D eigenvalue weighted by molar-refractivity contribution is 0.282. The zero-order chi connectivity index (χ0) is 16.3. The lowest BCUT2D eigenvalue weighted by Crippen LogP contribution is -2.15. The van der Waals surface area contributed by atoms with Gasteiger partial charge in [0.25, 0.3) is 0 Å². The number of ether oxygens (including phenoxy) is 1. The van der Waals surface area contributed by atoms with Gasteiger partial charge in [-0.2, -0.15) is 0 Å². The second-order valence-electron chi connectivity index (χ2n) is 5.84. The molecule has 0 saturated heterocycles. The highest BCUT2D eigenvalue weighted by Gasteiger charge is 2.03. The van der Waals surface area contributed by atoms with Crippen LogP contribution in [0.4, 0.5) is 0 Å². The first-order valence-electron chi connectivity index (χ1n) is 8.37. The van der Waals surface area contributed by atoms with E-state index in [1.165, 1.54) is 16.7 Å². The molecule has 0 radical (unpaired) electrons. The van der Waals surface area contributed by atoms with Gasteiger partial charge in [0.05, 0.1) is 0 Å². The fraction of sp³-hybridized carbons (Fsp3) is 0.400. The highest BCUT2D eigenvalue weighted by atomic mass is 35.5. The molecule has 0 heterocycles. The van der Waals surface area contributed by atoms with Crippen LogP contribution in [0.15, 0.2) is 48.5 Å². The standard InChI is InChI=1S/C20H27NO2.ClH/c1-17-9-11-18(12-10-17)16-23-20-8-4-3-7-19(20)15-21-13-5-2-6-14-22;/h3-4,7-12,21-22H,2,5-6,13-16H2,1H3;1H. The van der Waals surface area contributed by atoms with Crippen molar-refractivity contribution in [3.63, 3.8) is 0 Å². The molecule has 0 aliphatic rings. The van der Waals surface area contributed by atoms with Crippen LogP contribution in [0.1, 0.15) is 36.0 Å². The summed E-state index contributed by atoms with van der Waals surface area (Å²) in [7, 11) is 0. The number of rotatable bonds is 10. The van der Waals surface area contributed by atoms with E-state index in [2.05, 4.69) is 42.6 Å². The summed E-state index contributed by atoms with van der Waals surface area (Å²) in [5.41, 5.74) is 3.63.